The molecule has 3 aromatic rings. The van der Waals surface area contributed by atoms with Gasteiger partial charge in [0.2, 0.25) is 5.91 Å². The van der Waals surface area contributed by atoms with E-state index in [1.807, 2.05) is 46.2 Å². The van der Waals surface area contributed by atoms with Gasteiger partial charge in [0.05, 0.1) is 17.6 Å². The quantitative estimate of drug-likeness (QED) is 0.588. The second-order valence-electron chi connectivity index (χ2n) is 9.29. The van der Waals surface area contributed by atoms with E-state index in [1.54, 1.807) is 0 Å². The van der Waals surface area contributed by atoms with Crippen molar-refractivity contribution in [3.05, 3.63) is 66.0 Å². The molecule has 2 aliphatic heterocycles. The Morgan fingerprint density at radius 3 is 2.21 bits per heavy atom. The summed E-state index contributed by atoms with van der Waals surface area (Å²) in [6, 6.07) is 17.7. The van der Waals surface area contributed by atoms with E-state index in [2.05, 4.69) is 34.6 Å². The van der Waals surface area contributed by atoms with E-state index in [0.717, 1.165) is 50.4 Å². The molecule has 2 aliphatic rings. The minimum absolute atomic E-state index is 0.0547. The van der Waals surface area contributed by atoms with E-state index in [1.165, 1.54) is 5.52 Å². The fourth-order valence-corrected chi connectivity index (χ4v) is 5.29. The van der Waals surface area contributed by atoms with Crippen molar-refractivity contribution in [3.8, 4) is 0 Å². The number of hydrogen-bond acceptors (Lipinski definition) is 4. The first-order valence-electron chi connectivity index (χ1n) is 12.4. The van der Waals surface area contributed by atoms with Gasteiger partial charge >= 0.3 is 0 Å². The van der Waals surface area contributed by atoms with Crippen molar-refractivity contribution in [1.82, 2.24) is 24.3 Å². The van der Waals surface area contributed by atoms with Crippen LogP contribution < -0.4 is 0 Å². The summed E-state index contributed by atoms with van der Waals surface area (Å²) in [4.78, 5) is 37.0. The highest BCUT2D eigenvalue weighted by molar-refractivity contribution is 5.94. The molecule has 2 saturated heterocycles. The van der Waals surface area contributed by atoms with Gasteiger partial charge < -0.3 is 14.4 Å². The zero-order valence-electron chi connectivity index (χ0n) is 19.9. The van der Waals surface area contributed by atoms with E-state index >= 15 is 0 Å². The van der Waals surface area contributed by atoms with Gasteiger partial charge in [-0.05, 0) is 57.1 Å². The highest BCUT2D eigenvalue weighted by Crippen LogP contribution is 2.23. The molecule has 0 unspecified atom stereocenters. The Balaban J connectivity index is 1.12. The van der Waals surface area contributed by atoms with Gasteiger partial charge in [-0.2, -0.15) is 0 Å². The molecule has 1 aromatic heterocycles. The first-order chi connectivity index (χ1) is 16.6. The van der Waals surface area contributed by atoms with Gasteiger partial charge in [0.1, 0.15) is 5.82 Å². The van der Waals surface area contributed by atoms with Crippen LogP contribution in [0.1, 0.15) is 35.9 Å². The lowest BCUT2D eigenvalue weighted by Gasteiger charge is -2.38. The van der Waals surface area contributed by atoms with Gasteiger partial charge in [0, 0.05) is 44.2 Å². The number of piperidine rings is 1. The third-order valence-electron chi connectivity index (χ3n) is 7.25. The third-order valence-corrected chi connectivity index (χ3v) is 7.25. The molecule has 0 atom stereocenters. The number of piperazine rings is 1. The largest absolute Gasteiger partial charge is 0.339 e. The zero-order valence-corrected chi connectivity index (χ0v) is 19.9. The molecular formula is C27H33N5O2. The van der Waals surface area contributed by atoms with Crippen molar-refractivity contribution in [1.29, 1.82) is 0 Å². The lowest BCUT2D eigenvalue weighted by Crippen LogP contribution is -2.53. The van der Waals surface area contributed by atoms with Crippen LogP contribution in [0, 0.1) is 5.92 Å². The number of aromatic nitrogens is 2. The summed E-state index contributed by atoms with van der Waals surface area (Å²) in [7, 11) is 0. The van der Waals surface area contributed by atoms with Crippen LogP contribution in [0.25, 0.3) is 11.0 Å². The fourth-order valence-electron chi connectivity index (χ4n) is 5.29. The van der Waals surface area contributed by atoms with Crippen molar-refractivity contribution < 1.29 is 9.59 Å². The number of benzene rings is 2. The molecule has 7 heteroatoms. The monoisotopic (exact) mass is 459 g/mol. The summed E-state index contributed by atoms with van der Waals surface area (Å²) in [5, 5.41) is 0. The molecule has 2 aromatic carbocycles. The minimum Gasteiger partial charge on any atom is -0.339 e. The Kier molecular flexibility index (Phi) is 6.63. The number of fused-ring (bicyclic) bond motifs is 1. The summed E-state index contributed by atoms with van der Waals surface area (Å²) in [5.74, 6) is 1.50. The number of carbonyl (C=O) groups excluding carboxylic acids is 2. The molecule has 178 valence electrons. The molecule has 0 bridgehead atoms. The Morgan fingerprint density at radius 2 is 1.50 bits per heavy atom. The van der Waals surface area contributed by atoms with Crippen molar-refractivity contribution >= 4 is 22.8 Å². The average molecular weight is 460 g/mol. The Hall–Kier alpha value is -3.19. The molecule has 0 radical (unpaired) electrons. The number of likely N-dealkylation sites (tertiary alicyclic amines) is 1. The molecule has 0 spiro atoms. The first-order valence-corrected chi connectivity index (χ1v) is 12.4. The van der Waals surface area contributed by atoms with E-state index in [-0.39, 0.29) is 17.7 Å². The number of rotatable bonds is 5. The fraction of sp³-hybridized carbons (Fsp3) is 0.444. The van der Waals surface area contributed by atoms with Crippen molar-refractivity contribution in [2.45, 2.75) is 32.9 Å². The maximum Gasteiger partial charge on any atom is 0.253 e. The highest BCUT2D eigenvalue weighted by atomic mass is 16.2. The van der Waals surface area contributed by atoms with Crippen LogP contribution in [0.4, 0.5) is 0 Å². The second kappa shape index (κ2) is 9.97. The van der Waals surface area contributed by atoms with Gasteiger partial charge in [-0.1, -0.05) is 30.3 Å². The topological polar surface area (TPSA) is 61.7 Å². The number of amides is 2. The van der Waals surface area contributed by atoms with Gasteiger partial charge in [0.25, 0.3) is 5.91 Å². The Bertz CT molecular complexity index is 1140. The standard InChI is InChI=1S/C27H33N5O2/c1-2-32-24-11-7-6-10-23(24)28-25(32)20-29-14-12-22(13-15-29)27(34)31-18-16-30(17-19-31)26(33)21-8-4-3-5-9-21/h3-11,22H,2,12-20H2,1H3. The molecule has 7 nitrogen and oxygen atoms in total. The summed E-state index contributed by atoms with van der Waals surface area (Å²) in [6.45, 7) is 8.17. The van der Waals surface area contributed by atoms with Gasteiger partial charge in [0.15, 0.2) is 0 Å². The second-order valence-corrected chi connectivity index (χ2v) is 9.29. The third kappa shape index (κ3) is 4.57. The SMILES string of the molecule is CCn1c(CN2CCC(C(=O)N3CCN(C(=O)c4ccccc4)CC3)CC2)nc2ccccc21. The number of hydrogen-bond donors (Lipinski definition) is 0. The van der Waals surface area contributed by atoms with E-state index in [9.17, 15) is 9.59 Å². The van der Waals surface area contributed by atoms with Crippen molar-refractivity contribution in [2.24, 2.45) is 5.92 Å². The summed E-state index contributed by atoms with van der Waals surface area (Å²) in [6.07, 6.45) is 1.77. The summed E-state index contributed by atoms with van der Waals surface area (Å²) >= 11 is 0. The van der Waals surface area contributed by atoms with E-state index in [4.69, 9.17) is 4.98 Å². The number of imidazole rings is 1. The molecule has 0 N–H and O–H groups in total. The van der Waals surface area contributed by atoms with Crippen LogP contribution >= 0.6 is 0 Å². The molecule has 5 rings (SSSR count). The average Bonchev–Trinajstić information content (AvgIpc) is 3.25. The van der Waals surface area contributed by atoms with Crippen LogP contribution in [0.5, 0.6) is 0 Å². The lowest BCUT2D eigenvalue weighted by molar-refractivity contribution is -0.138. The maximum absolute atomic E-state index is 13.2. The predicted molar refractivity (Wildman–Crippen MR) is 132 cm³/mol. The molecule has 2 fully saturated rings. The van der Waals surface area contributed by atoms with Crippen molar-refractivity contribution in [3.63, 3.8) is 0 Å². The molecule has 3 heterocycles. The normalized spacial score (nSPS) is 17.9. The highest BCUT2D eigenvalue weighted by Gasteiger charge is 2.32. The lowest BCUT2D eigenvalue weighted by atomic mass is 9.95. The molecule has 0 saturated carbocycles. The molecule has 0 aliphatic carbocycles. The summed E-state index contributed by atoms with van der Waals surface area (Å²) < 4.78 is 2.29. The van der Waals surface area contributed by atoms with Crippen LogP contribution in [0.15, 0.2) is 54.6 Å². The number of nitrogens with zero attached hydrogens (tertiary/aromatic N) is 5. The summed E-state index contributed by atoms with van der Waals surface area (Å²) in [5.41, 5.74) is 2.95. The smallest absolute Gasteiger partial charge is 0.253 e. The van der Waals surface area contributed by atoms with Crippen molar-refractivity contribution in [2.75, 3.05) is 39.3 Å². The minimum atomic E-state index is 0.0547. The van der Waals surface area contributed by atoms with Crippen LogP contribution in [-0.4, -0.2) is 75.3 Å². The Labute approximate surface area is 201 Å². The Morgan fingerprint density at radius 1 is 0.853 bits per heavy atom. The van der Waals surface area contributed by atoms with Gasteiger partial charge in [-0.3, -0.25) is 14.5 Å². The zero-order chi connectivity index (χ0) is 23.5. The van der Waals surface area contributed by atoms with E-state index in [0.29, 0.717) is 31.7 Å². The van der Waals surface area contributed by atoms with Gasteiger partial charge in [-0.25, -0.2) is 4.98 Å². The predicted octanol–water partition coefficient (Wildman–Crippen LogP) is 3.25. The maximum atomic E-state index is 13.2. The molecular weight excluding hydrogens is 426 g/mol. The van der Waals surface area contributed by atoms with Crippen LogP contribution in [-0.2, 0) is 17.9 Å². The van der Waals surface area contributed by atoms with Crippen LogP contribution in [0.2, 0.25) is 0 Å². The molecule has 34 heavy (non-hydrogen) atoms. The van der Waals surface area contributed by atoms with Gasteiger partial charge in [-0.15, -0.1) is 0 Å². The number of para-hydroxylation sites is 2. The molecule has 2 amide bonds. The first kappa shape index (κ1) is 22.6. The number of carbonyl (C=O) groups is 2. The van der Waals surface area contributed by atoms with E-state index < -0.39 is 0 Å². The van der Waals surface area contributed by atoms with Crippen LogP contribution in [0.3, 0.4) is 0 Å². The number of aryl methyl sites for hydroxylation is 1.